The van der Waals surface area contributed by atoms with Crippen molar-refractivity contribution >= 4 is 23.4 Å². The molecule has 0 aliphatic carbocycles. The van der Waals surface area contributed by atoms with Crippen LogP contribution in [-0.4, -0.2) is 21.8 Å². The van der Waals surface area contributed by atoms with Gasteiger partial charge in [-0.25, -0.2) is 0 Å². The maximum Gasteiger partial charge on any atom is 0.249 e. The van der Waals surface area contributed by atoms with Crippen molar-refractivity contribution in [2.45, 2.75) is 24.4 Å². The van der Waals surface area contributed by atoms with Gasteiger partial charge in [0, 0.05) is 12.4 Å². The zero-order valence-corrected chi connectivity index (χ0v) is 19.9. The number of carbonyl (C=O) groups excluding carboxylic acids is 2. The molecule has 0 aliphatic heterocycles. The summed E-state index contributed by atoms with van der Waals surface area (Å²) in [7, 11) is 0. The van der Waals surface area contributed by atoms with E-state index >= 15 is 0 Å². The van der Waals surface area contributed by atoms with Crippen LogP contribution >= 0.6 is 11.6 Å². The standard InChI is InChI=1S/C28H25ClN4O2/c1-19(20-8-4-2-5-9-20)32-28(35)26(24-18-30-16-17-31-24)33-27(34)25(29)23-14-12-22(13-15-23)21-10-6-3-7-11-21/h2-19,25-26H,1H3,(H,32,35)(H,33,34)/t19-,25?,26?/m0/s1. The first-order chi connectivity index (χ1) is 17.0. The highest BCUT2D eigenvalue weighted by Crippen LogP contribution is 2.26. The molecule has 3 aromatic carbocycles. The van der Waals surface area contributed by atoms with Gasteiger partial charge < -0.3 is 10.6 Å². The lowest BCUT2D eigenvalue weighted by molar-refractivity contribution is -0.129. The summed E-state index contributed by atoms with van der Waals surface area (Å²) in [4.78, 5) is 34.5. The van der Waals surface area contributed by atoms with Crippen molar-refractivity contribution in [3.05, 3.63) is 120 Å². The maximum absolute atomic E-state index is 13.2. The van der Waals surface area contributed by atoms with Crippen LogP contribution in [-0.2, 0) is 9.59 Å². The summed E-state index contributed by atoms with van der Waals surface area (Å²) < 4.78 is 0. The van der Waals surface area contributed by atoms with Crippen LogP contribution in [0.4, 0.5) is 0 Å². The average Bonchev–Trinajstić information content (AvgIpc) is 2.92. The number of hydrogen-bond donors (Lipinski definition) is 2. The van der Waals surface area contributed by atoms with Crippen LogP contribution in [0.25, 0.3) is 11.1 Å². The fourth-order valence-corrected chi connectivity index (χ4v) is 3.91. The number of nitrogens with zero attached hydrogens (tertiary/aromatic N) is 2. The molecule has 3 atom stereocenters. The van der Waals surface area contributed by atoms with Gasteiger partial charge in [-0.3, -0.25) is 19.6 Å². The molecule has 2 unspecified atom stereocenters. The first-order valence-corrected chi connectivity index (χ1v) is 11.7. The second-order valence-electron chi connectivity index (χ2n) is 8.06. The van der Waals surface area contributed by atoms with Crippen molar-refractivity contribution in [2.24, 2.45) is 0 Å². The summed E-state index contributed by atoms with van der Waals surface area (Å²) in [5.74, 6) is -0.907. The summed E-state index contributed by atoms with van der Waals surface area (Å²) in [6.07, 6.45) is 4.43. The smallest absolute Gasteiger partial charge is 0.249 e. The highest BCUT2D eigenvalue weighted by Gasteiger charge is 2.29. The Kier molecular flexibility index (Phi) is 7.85. The molecule has 0 spiro atoms. The Hall–Kier alpha value is -4.03. The lowest BCUT2D eigenvalue weighted by atomic mass is 10.0. The van der Waals surface area contributed by atoms with Gasteiger partial charge in [0.1, 0.15) is 5.38 Å². The average molecular weight is 485 g/mol. The molecule has 6 nitrogen and oxygen atoms in total. The third-order valence-electron chi connectivity index (χ3n) is 5.63. The highest BCUT2D eigenvalue weighted by atomic mass is 35.5. The molecule has 4 rings (SSSR count). The van der Waals surface area contributed by atoms with Gasteiger partial charge in [-0.2, -0.15) is 0 Å². The van der Waals surface area contributed by atoms with Gasteiger partial charge in [0.15, 0.2) is 6.04 Å². The van der Waals surface area contributed by atoms with Gasteiger partial charge >= 0.3 is 0 Å². The molecule has 176 valence electrons. The SMILES string of the molecule is C[C@H](NC(=O)C(NC(=O)C(Cl)c1ccc(-c2ccccc2)cc1)c1cnccn1)c1ccccc1. The third-order valence-corrected chi connectivity index (χ3v) is 6.08. The third kappa shape index (κ3) is 6.11. The number of benzene rings is 3. The second kappa shape index (κ2) is 11.4. The number of hydrogen-bond acceptors (Lipinski definition) is 4. The summed E-state index contributed by atoms with van der Waals surface area (Å²) in [6.45, 7) is 1.88. The second-order valence-corrected chi connectivity index (χ2v) is 8.50. The first-order valence-electron chi connectivity index (χ1n) is 11.2. The lowest BCUT2D eigenvalue weighted by Crippen LogP contribution is -2.42. The number of nitrogens with one attached hydrogen (secondary N) is 2. The zero-order valence-electron chi connectivity index (χ0n) is 19.1. The van der Waals surface area contributed by atoms with Gasteiger partial charge in [0.2, 0.25) is 11.8 Å². The van der Waals surface area contributed by atoms with Crippen molar-refractivity contribution < 1.29 is 9.59 Å². The zero-order chi connectivity index (χ0) is 24.6. The predicted molar refractivity (Wildman–Crippen MR) is 136 cm³/mol. The number of alkyl halides is 1. The number of carbonyl (C=O) groups is 2. The molecule has 0 saturated heterocycles. The number of rotatable bonds is 8. The minimum atomic E-state index is -1.05. The molecule has 7 heteroatoms. The summed E-state index contributed by atoms with van der Waals surface area (Å²) >= 11 is 6.51. The topological polar surface area (TPSA) is 84.0 Å². The van der Waals surface area contributed by atoms with Gasteiger partial charge in [0.25, 0.3) is 0 Å². The Morgan fingerprint density at radius 1 is 0.743 bits per heavy atom. The Morgan fingerprint density at radius 2 is 1.37 bits per heavy atom. The molecule has 0 bridgehead atoms. The van der Waals surface area contributed by atoms with Gasteiger partial charge in [0.05, 0.1) is 17.9 Å². The van der Waals surface area contributed by atoms with Crippen molar-refractivity contribution in [3.63, 3.8) is 0 Å². The van der Waals surface area contributed by atoms with E-state index in [1.807, 2.05) is 91.9 Å². The van der Waals surface area contributed by atoms with Crippen LogP contribution < -0.4 is 10.6 Å². The van der Waals surface area contributed by atoms with E-state index in [1.54, 1.807) is 0 Å². The van der Waals surface area contributed by atoms with E-state index in [0.717, 1.165) is 16.7 Å². The van der Waals surface area contributed by atoms with E-state index in [0.29, 0.717) is 11.3 Å². The predicted octanol–water partition coefficient (Wildman–Crippen LogP) is 5.16. The van der Waals surface area contributed by atoms with Gasteiger partial charge in [-0.1, -0.05) is 84.9 Å². The van der Waals surface area contributed by atoms with Crippen molar-refractivity contribution in [3.8, 4) is 11.1 Å². The fourth-order valence-electron chi connectivity index (χ4n) is 3.70. The molecular formula is C28H25ClN4O2. The van der Waals surface area contributed by atoms with E-state index in [2.05, 4.69) is 20.6 Å². The molecule has 35 heavy (non-hydrogen) atoms. The molecule has 2 N–H and O–H groups in total. The van der Waals surface area contributed by atoms with Crippen LogP contribution in [0.5, 0.6) is 0 Å². The fraction of sp³-hybridized carbons (Fsp3) is 0.143. The van der Waals surface area contributed by atoms with Crippen molar-refractivity contribution in [2.75, 3.05) is 0 Å². The lowest BCUT2D eigenvalue weighted by Gasteiger charge is -2.22. The molecular weight excluding hydrogens is 460 g/mol. The largest absolute Gasteiger partial charge is 0.347 e. The molecule has 0 aliphatic rings. The minimum absolute atomic E-state index is 0.267. The van der Waals surface area contributed by atoms with E-state index in [4.69, 9.17) is 11.6 Å². The van der Waals surface area contributed by atoms with Gasteiger partial charge in [-0.15, -0.1) is 11.6 Å². The van der Waals surface area contributed by atoms with Crippen LogP contribution in [0.2, 0.25) is 0 Å². The normalized spacial score (nSPS) is 13.3. The van der Waals surface area contributed by atoms with Crippen molar-refractivity contribution in [1.82, 2.24) is 20.6 Å². The van der Waals surface area contributed by atoms with Crippen LogP contribution in [0.3, 0.4) is 0 Å². The Bertz CT molecular complexity index is 1250. The van der Waals surface area contributed by atoms with Crippen LogP contribution in [0.1, 0.15) is 41.2 Å². The molecule has 2 amide bonds. The Morgan fingerprint density at radius 3 is 2.00 bits per heavy atom. The summed E-state index contributed by atoms with van der Waals surface area (Å²) in [5.41, 5.74) is 3.98. The molecule has 0 radical (unpaired) electrons. The highest BCUT2D eigenvalue weighted by molar-refractivity contribution is 6.31. The minimum Gasteiger partial charge on any atom is -0.347 e. The van der Waals surface area contributed by atoms with E-state index in [9.17, 15) is 9.59 Å². The first kappa shape index (κ1) is 24.1. The van der Waals surface area contributed by atoms with E-state index < -0.39 is 23.2 Å². The van der Waals surface area contributed by atoms with Gasteiger partial charge in [-0.05, 0) is 29.2 Å². The number of halogens is 1. The molecule has 4 aromatic rings. The Labute approximate surface area is 209 Å². The molecule has 1 heterocycles. The van der Waals surface area contributed by atoms with Crippen LogP contribution in [0.15, 0.2) is 104 Å². The quantitative estimate of drug-likeness (QED) is 0.338. The van der Waals surface area contributed by atoms with Crippen molar-refractivity contribution in [1.29, 1.82) is 0 Å². The summed E-state index contributed by atoms with van der Waals surface area (Å²) in [6, 6.07) is 25.6. The van der Waals surface area contributed by atoms with E-state index in [1.165, 1.54) is 18.6 Å². The monoisotopic (exact) mass is 484 g/mol. The number of amides is 2. The summed E-state index contributed by atoms with van der Waals surface area (Å²) in [5, 5.41) is 4.70. The van der Waals surface area contributed by atoms with Crippen LogP contribution in [0, 0.1) is 0 Å². The molecule has 0 fully saturated rings. The van der Waals surface area contributed by atoms with E-state index in [-0.39, 0.29) is 6.04 Å². The molecule has 1 aromatic heterocycles. The Balaban J connectivity index is 1.49. The number of aromatic nitrogens is 2. The maximum atomic E-state index is 13.2. The molecule has 0 saturated carbocycles.